The molecule has 2 aromatic rings. The minimum absolute atomic E-state index is 0.0748. The van der Waals surface area contributed by atoms with Gasteiger partial charge in [0.25, 0.3) is 5.72 Å². The van der Waals surface area contributed by atoms with Gasteiger partial charge in [-0.25, -0.2) is 4.79 Å². The number of esters is 2. The average Bonchev–Trinajstić information content (AvgIpc) is 2.76. The highest BCUT2D eigenvalue weighted by atomic mass is 16.6. The summed E-state index contributed by atoms with van der Waals surface area (Å²) in [6, 6.07) is 13.6. The molecule has 1 aliphatic heterocycles. The summed E-state index contributed by atoms with van der Waals surface area (Å²) in [5.41, 5.74) is 5.32. The molecule has 0 aliphatic carbocycles. The third-order valence-corrected chi connectivity index (χ3v) is 5.39. The van der Waals surface area contributed by atoms with Crippen molar-refractivity contribution in [2.75, 3.05) is 0 Å². The molecule has 1 heterocycles. The van der Waals surface area contributed by atoms with Crippen molar-refractivity contribution in [3.05, 3.63) is 71.3 Å². The summed E-state index contributed by atoms with van der Waals surface area (Å²) >= 11 is 0. The van der Waals surface area contributed by atoms with Gasteiger partial charge in [-0.1, -0.05) is 75.4 Å². The maximum atomic E-state index is 13.5. The number of nitrogens with two attached hydrogens (primary N) is 1. The molecule has 1 aliphatic rings. The van der Waals surface area contributed by atoms with Crippen molar-refractivity contribution in [1.29, 1.82) is 0 Å². The number of fused-ring (bicyclic) bond motifs is 1. The van der Waals surface area contributed by atoms with Crippen LogP contribution in [0.25, 0.3) is 0 Å². The van der Waals surface area contributed by atoms with E-state index < -0.39 is 35.7 Å². The van der Waals surface area contributed by atoms with E-state index in [1.807, 2.05) is 26.8 Å². The van der Waals surface area contributed by atoms with Crippen LogP contribution in [0.2, 0.25) is 0 Å². The number of carboxylic acid groups (broad SMARTS) is 1. The number of carboxylic acids is 1. The Morgan fingerprint density at radius 2 is 1.76 bits per heavy atom. The van der Waals surface area contributed by atoms with E-state index in [-0.39, 0.29) is 18.4 Å². The van der Waals surface area contributed by atoms with Gasteiger partial charge >= 0.3 is 17.9 Å². The fraction of sp³-hybridized carbons (Fsp3) is 0.400. The second-order valence-corrected chi connectivity index (χ2v) is 9.43. The van der Waals surface area contributed by atoms with Crippen LogP contribution in [-0.4, -0.2) is 35.1 Å². The lowest BCUT2D eigenvalue weighted by atomic mass is 9.86. The summed E-state index contributed by atoms with van der Waals surface area (Å²) in [4.78, 5) is 38.4. The van der Waals surface area contributed by atoms with Gasteiger partial charge in [-0.2, -0.15) is 0 Å². The van der Waals surface area contributed by atoms with E-state index in [2.05, 4.69) is 5.32 Å². The molecule has 0 amide bonds. The first-order valence-electron chi connectivity index (χ1n) is 10.8. The maximum absolute atomic E-state index is 13.5. The number of carbonyl (C=O) groups excluding carboxylic acids is 2. The minimum Gasteiger partial charge on any atom is -0.480 e. The highest BCUT2D eigenvalue weighted by Crippen LogP contribution is 2.35. The highest BCUT2D eigenvalue weighted by Gasteiger charge is 2.53. The number of hydrogen-bond acceptors (Lipinski definition) is 7. The van der Waals surface area contributed by atoms with Gasteiger partial charge in [-0.05, 0) is 29.4 Å². The molecule has 33 heavy (non-hydrogen) atoms. The first kappa shape index (κ1) is 24.4. The Bertz CT molecular complexity index is 1020. The number of ether oxygens (including phenoxy) is 2. The average molecular weight is 455 g/mol. The van der Waals surface area contributed by atoms with Gasteiger partial charge in [0.15, 0.2) is 0 Å². The Kier molecular flexibility index (Phi) is 7.19. The van der Waals surface area contributed by atoms with E-state index in [9.17, 15) is 19.5 Å². The summed E-state index contributed by atoms with van der Waals surface area (Å²) in [5.74, 6) is -2.92. The van der Waals surface area contributed by atoms with Crippen LogP contribution in [-0.2, 0) is 42.6 Å². The normalized spacial score (nSPS) is 20.9. The number of carbonyl (C=O) groups is 3. The monoisotopic (exact) mass is 454 g/mol. The molecule has 8 heteroatoms. The van der Waals surface area contributed by atoms with Crippen molar-refractivity contribution >= 4 is 17.9 Å². The first-order chi connectivity index (χ1) is 15.5. The van der Waals surface area contributed by atoms with Crippen molar-refractivity contribution in [1.82, 2.24) is 5.32 Å². The van der Waals surface area contributed by atoms with Crippen molar-refractivity contribution in [2.45, 2.75) is 58.0 Å². The van der Waals surface area contributed by atoms with Crippen LogP contribution in [0.15, 0.2) is 54.6 Å². The van der Waals surface area contributed by atoms with Gasteiger partial charge in [-0.15, -0.1) is 0 Å². The Hall–Kier alpha value is -3.23. The molecule has 0 saturated heterocycles. The van der Waals surface area contributed by atoms with Gasteiger partial charge in [0.1, 0.15) is 18.7 Å². The summed E-state index contributed by atoms with van der Waals surface area (Å²) in [7, 11) is 0. The van der Waals surface area contributed by atoms with Crippen LogP contribution in [0.4, 0.5) is 0 Å². The van der Waals surface area contributed by atoms with Gasteiger partial charge < -0.3 is 20.3 Å². The standard InChI is InChI=1S/C25H30N2O6/c1-24(2,3)14-19(26)22(30)33-25(23(31)32-15-16-9-5-4-6-10-16)18-12-8-7-11-17(18)13-20(27-25)21(28)29/h4-12,19-20,27H,13-15,26H2,1-3H3,(H,28,29). The molecule has 0 aromatic heterocycles. The van der Waals surface area contributed by atoms with E-state index in [0.717, 1.165) is 5.56 Å². The Balaban J connectivity index is 1.99. The van der Waals surface area contributed by atoms with E-state index in [0.29, 0.717) is 17.5 Å². The summed E-state index contributed by atoms with van der Waals surface area (Å²) in [6.45, 7) is 5.71. The number of hydrogen-bond donors (Lipinski definition) is 3. The molecule has 0 bridgehead atoms. The zero-order valence-corrected chi connectivity index (χ0v) is 19.0. The largest absolute Gasteiger partial charge is 0.480 e. The van der Waals surface area contributed by atoms with Crippen LogP contribution in [0, 0.1) is 5.41 Å². The third kappa shape index (κ3) is 5.77. The first-order valence-corrected chi connectivity index (χ1v) is 10.8. The van der Waals surface area contributed by atoms with Crippen molar-refractivity contribution < 1.29 is 29.0 Å². The van der Waals surface area contributed by atoms with Crippen molar-refractivity contribution in [3.63, 3.8) is 0 Å². The minimum atomic E-state index is -2.14. The lowest BCUT2D eigenvalue weighted by Crippen LogP contribution is -2.63. The van der Waals surface area contributed by atoms with Crippen molar-refractivity contribution in [3.8, 4) is 0 Å². The van der Waals surface area contributed by atoms with Gasteiger partial charge in [0.05, 0.1) is 0 Å². The molecule has 0 spiro atoms. The van der Waals surface area contributed by atoms with Crippen molar-refractivity contribution in [2.24, 2.45) is 11.1 Å². The van der Waals surface area contributed by atoms with Gasteiger partial charge in [-0.3, -0.25) is 14.9 Å². The maximum Gasteiger partial charge on any atom is 0.371 e. The second-order valence-electron chi connectivity index (χ2n) is 9.43. The Morgan fingerprint density at radius 1 is 1.12 bits per heavy atom. The molecule has 3 atom stereocenters. The fourth-order valence-electron chi connectivity index (χ4n) is 3.87. The molecule has 0 radical (unpaired) electrons. The Morgan fingerprint density at radius 3 is 2.39 bits per heavy atom. The van der Waals surface area contributed by atoms with E-state index in [4.69, 9.17) is 15.2 Å². The van der Waals surface area contributed by atoms with E-state index in [1.165, 1.54) is 0 Å². The molecule has 3 rings (SSSR count). The highest BCUT2D eigenvalue weighted by molar-refractivity contribution is 5.88. The molecule has 0 saturated carbocycles. The molecular formula is C25H30N2O6. The Labute approximate surface area is 193 Å². The zero-order valence-electron chi connectivity index (χ0n) is 19.0. The number of aliphatic carboxylic acids is 1. The summed E-state index contributed by atoms with van der Waals surface area (Å²) in [5, 5.41) is 12.4. The third-order valence-electron chi connectivity index (χ3n) is 5.39. The van der Waals surface area contributed by atoms with E-state index >= 15 is 0 Å². The SMILES string of the molecule is CC(C)(C)CC(N)C(=O)OC1(C(=O)OCc2ccccc2)NC(C(=O)O)Cc2ccccc21. The molecule has 3 unspecified atom stereocenters. The van der Waals surface area contributed by atoms with E-state index in [1.54, 1.807) is 48.5 Å². The molecular weight excluding hydrogens is 424 g/mol. The quantitative estimate of drug-likeness (QED) is 0.545. The molecule has 176 valence electrons. The summed E-state index contributed by atoms with van der Waals surface area (Å²) < 4.78 is 11.3. The second kappa shape index (κ2) is 9.72. The van der Waals surface area contributed by atoms with Gasteiger partial charge in [0, 0.05) is 5.56 Å². The van der Waals surface area contributed by atoms with Crippen LogP contribution in [0.3, 0.4) is 0 Å². The van der Waals surface area contributed by atoms with Crippen LogP contribution < -0.4 is 11.1 Å². The fourth-order valence-corrected chi connectivity index (χ4v) is 3.87. The summed E-state index contributed by atoms with van der Waals surface area (Å²) in [6.07, 6.45) is 0.426. The number of rotatable bonds is 7. The molecule has 0 fully saturated rings. The molecule has 2 aromatic carbocycles. The lowest BCUT2D eigenvalue weighted by molar-refractivity contribution is -0.195. The predicted molar refractivity (Wildman–Crippen MR) is 121 cm³/mol. The van der Waals surface area contributed by atoms with Crippen LogP contribution in [0.5, 0.6) is 0 Å². The van der Waals surface area contributed by atoms with Crippen LogP contribution in [0.1, 0.15) is 43.9 Å². The predicted octanol–water partition coefficient (Wildman–Crippen LogP) is 2.49. The molecule has 8 nitrogen and oxygen atoms in total. The number of nitrogens with one attached hydrogen (secondary N) is 1. The smallest absolute Gasteiger partial charge is 0.371 e. The van der Waals surface area contributed by atoms with Gasteiger partial charge in [0.2, 0.25) is 0 Å². The topological polar surface area (TPSA) is 128 Å². The zero-order chi connectivity index (χ0) is 24.2. The van der Waals surface area contributed by atoms with Crippen LogP contribution >= 0.6 is 0 Å². The lowest BCUT2D eigenvalue weighted by Gasteiger charge is -2.40. The number of benzene rings is 2. The molecule has 4 N–H and O–H groups in total.